The summed E-state index contributed by atoms with van der Waals surface area (Å²) in [6, 6.07) is 15.5. The highest BCUT2D eigenvalue weighted by atomic mass is 32.2. The van der Waals surface area contributed by atoms with Crippen molar-refractivity contribution in [2.24, 2.45) is 0 Å². The number of benzene rings is 2. The second-order valence-corrected chi connectivity index (χ2v) is 9.30. The Bertz CT molecular complexity index is 1690. The molecule has 2 aromatic carbocycles. The molecule has 5 aromatic rings. The van der Waals surface area contributed by atoms with Crippen LogP contribution in [0.5, 0.6) is 5.88 Å². The fraction of sp³-hybridized carbons (Fsp3) is 0.0400. The molecule has 3 heterocycles. The molecule has 0 spiro atoms. The summed E-state index contributed by atoms with van der Waals surface area (Å²) in [5.41, 5.74) is 1.04. The van der Waals surface area contributed by atoms with E-state index in [4.69, 9.17) is 4.74 Å². The number of pyridine rings is 2. The van der Waals surface area contributed by atoms with E-state index in [1.54, 1.807) is 42.7 Å². The molecule has 5 rings (SSSR count). The van der Waals surface area contributed by atoms with Crippen LogP contribution >= 0.6 is 0 Å². The quantitative estimate of drug-likeness (QED) is 0.329. The minimum absolute atomic E-state index is 0.107. The van der Waals surface area contributed by atoms with E-state index < -0.39 is 38.9 Å². The lowest BCUT2D eigenvalue weighted by molar-refractivity contribution is 0.386. The van der Waals surface area contributed by atoms with E-state index in [-0.39, 0.29) is 10.5 Å². The van der Waals surface area contributed by atoms with Crippen LogP contribution in [0.25, 0.3) is 33.2 Å². The number of hydrogen-bond donors (Lipinski definition) is 1. The molecule has 0 aliphatic carbocycles. The van der Waals surface area contributed by atoms with Gasteiger partial charge in [-0.15, -0.1) is 0 Å². The maximum absolute atomic E-state index is 15.8. The van der Waals surface area contributed by atoms with Crippen LogP contribution in [0.3, 0.4) is 0 Å². The lowest BCUT2D eigenvalue weighted by atomic mass is 9.98. The number of sulfonamides is 1. The second-order valence-electron chi connectivity index (χ2n) is 7.62. The number of rotatable bonds is 6. The maximum atomic E-state index is 15.8. The summed E-state index contributed by atoms with van der Waals surface area (Å²) in [7, 11) is -3.08. The summed E-state index contributed by atoms with van der Waals surface area (Å²) < 4.78 is 63.8. The van der Waals surface area contributed by atoms with E-state index >= 15 is 8.78 Å². The zero-order valence-electron chi connectivity index (χ0n) is 18.7. The average Bonchev–Trinajstić information content (AvgIpc) is 2.90. The predicted molar refractivity (Wildman–Crippen MR) is 130 cm³/mol. The minimum Gasteiger partial charge on any atom is -0.479 e. The van der Waals surface area contributed by atoms with Crippen molar-refractivity contribution in [3.63, 3.8) is 0 Å². The van der Waals surface area contributed by atoms with E-state index in [9.17, 15) is 8.42 Å². The molecule has 0 radical (unpaired) electrons. The lowest BCUT2D eigenvalue weighted by Gasteiger charge is -2.16. The number of fused-ring (bicyclic) bond motifs is 1. The zero-order chi connectivity index (χ0) is 25.3. The fourth-order valence-corrected chi connectivity index (χ4v) is 4.87. The van der Waals surface area contributed by atoms with Crippen LogP contribution in [0.4, 0.5) is 14.5 Å². The molecule has 36 heavy (non-hydrogen) atoms. The van der Waals surface area contributed by atoms with Crippen molar-refractivity contribution >= 4 is 26.6 Å². The Morgan fingerprint density at radius 2 is 1.72 bits per heavy atom. The smallest absolute Gasteiger partial charge is 0.262 e. The number of nitrogens with one attached hydrogen (secondary N) is 1. The number of hydrogen-bond acceptors (Lipinski definition) is 7. The van der Waals surface area contributed by atoms with Gasteiger partial charge in [-0.3, -0.25) is 9.71 Å². The molecule has 0 fully saturated rings. The van der Waals surface area contributed by atoms with Crippen LogP contribution in [0, 0.1) is 11.8 Å². The fourth-order valence-electron chi connectivity index (χ4n) is 3.79. The van der Waals surface area contributed by atoms with E-state index in [1.165, 1.54) is 36.5 Å². The molecule has 0 aliphatic heterocycles. The minimum atomic E-state index is -4.21. The summed E-state index contributed by atoms with van der Waals surface area (Å²) in [6.45, 7) is 0. The highest BCUT2D eigenvalue weighted by Gasteiger charge is 2.26. The van der Waals surface area contributed by atoms with Crippen LogP contribution in [0.15, 0.2) is 84.1 Å². The van der Waals surface area contributed by atoms with Gasteiger partial charge in [0.1, 0.15) is 5.69 Å². The average molecular weight is 506 g/mol. The van der Waals surface area contributed by atoms with Gasteiger partial charge in [0, 0.05) is 17.1 Å². The van der Waals surface area contributed by atoms with Gasteiger partial charge in [-0.25, -0.2) is 12.8 Å². The van der Waals surface area contributed by atoms with Gasteiger partial charge < -0.3 is 4.74 Å². The van der Waals surface area contributed by atoms with Crippen molar-refractivity contribution in [1.29, 1.82) is 0 Å². The Morgan fingerprint density at radius 1 is 0.917 bits per heavy atom. The monoisotopic (exact) mass is 505 g/mol. The number of methoxy groups -OCH3 is 1. The molecular weight excluding hydrogens is 488 g/mol. The third kappa shape index (κ3) is 4.20. The van der Waals surface area contributed by atoms with Gasteiger partial charge in [-0.05, 0) is 47.5 Å². The second kappa shape index (κ2) is 9.27. The van der Waals surface area contributed by atoms with Crippen molar-refractivity contribution in [1.82, 2.24) is 20.2 Å². The molecule has 11 heteroatoms. The molecule has 0 bridgehead atoms. The van der Waals surface area contributed by atoms with E-state index in [1.807, 2.05) is 0 Å². The molecule has 0 saturated carbocycles. The highest BCUT2D eigenvalue weighted by Crippen LogP contribution is 2.38. The van der Waals surface area contributed by atoms with Gasteiger partial charge in [0.05, 0.1) is 35.5 Å². The van der Waals surface area contributed by atoms with Crippen molar-refractivity contribution < 1.29 is 21.9 Å². The van der Waals surface area contributed by atoms with Gasteiger partial charge in [-0.1, -0.05) is 24.3 Å². The SMILES string of the molecule is COc1nc(F)c(-c2ccc3nccc(-c4ccnnc4)c3c2)c(F)c1NS(=O)(=O)c1ccccc1. The number of aromatic nitrogens is 4. The Hall–Kier alpha value is -4.51. The van der Waals surface area contributed by atoms with Gasteiger partial charge in [-0.2, -0.15) is 19.6 Å². The third-order valence-electron chi connectivity index (χ3n) is 5.47. The third-order valence-corrected chi connectivity index (χ3v) is 6.83. The van der Waals surface area contributed by atoms with Crippen LogP contribution < -0.4 is 9.46 Å². The molecule has 180 valence electrons. The predicted octanol–water partition coefficient (Wildman–Crippen LogP) is 4.84. The Kier molecular flexibility index (Phi) is 5.98. The number of ether oxygens (including phenoxy) is 1. The van der Waals surface area contributed by atoms with Crippen LogP contribution in [0.1, 0.15) is 0 Å². The lowest BCUT2D eigenvalue weighted by Crippen LogP contribution is -2.16. The standard InChI is InChI=1S/C25H17F2N5O3S/c1-35-25-23(32-36(33,34)17-5-3-2-4-6-17)22(26)21(24(27)31-25)15-7-8-20-19(13-15)18(10-11-28-20)16-9-12-29-30-14-16/h2-14,32H,1H3. The molecule has 1 N–H and O–H groups in total. The van der Waals surface area contributed by atoms with Gasteiger partial charge >= 0.3 is 0 Å². The molecule has 8 nitrogen and oxygen atoms in total. The first-order valence-corrected chi connectivity index (χ1v) is 12.0. The topological polar surface area (TPSA) is 107 Å². The summed E-state index contributed by atoms with van der Waals surface area (Å²) in [5.74, 6) is -2.88. The highest BCUT2D eigenvalue weighted by molar-refractivity contribution is 7.92. The van der Waals surface area contributed by atoms with Crippen molar-refractivity contribution in [3.8, 4) is 28.1 Å². The molecule has 3 aromatic heterocycles. The number of anilines is 1. The van der Waals surface area contributed by atoms with Gasteiger partial charge in [0.2, 0.25) is 11.8 Å². The summed E-state index contributed by atoms with van der Waals surface area (Å²) in [5, 5.41) is 8.26. The first-order valence-electron chi connectivity index (χ1n) is 10.6. The first-order chi connectivity index (χ1) is 17.4. The summed E-state index contributed by atoms with van der Waals surface area (Å²) in [6.07, 6.45) is 4.71. The normalized spacial score (nSPS) is 11.4. The van der Waals surface area contributed by atoms with Crippen molar-refractivity contribution in [3.05, 3.63) is 91.0 Å². The van der Waals surface area contributed by atoms with E-state index in [0.717, 1.165) is 18.2 Å². The van der Waals surface area contributed by atoms with E-state index in [0.29, 0.717) is 10.9 Å². The molecule has 0 unspecified atom stereocenters. The molecule has 0 saturated heterocycles. The summed E-state index contributed by atoms with van der Waals surface area (Å²) in [4.78, 5) is 7.89. The van der Waals surface area contributed by atoms with Gasteiger partial charge in [0.15, 0.2) is 5.82 Å². The van der Waals surface area contributed by atoms with Crippen LogP contribution in [0.2, 0.25) is 0 Å². The summed E-state index contributed by atoms with van der Waals surface area (Å²) >= 11 is 0. The van der Waals surface area contributed by atoms with Crippen molar-refractivity contribution in [2.75, 3.05) is 11.8 Å². The first kappa shape index (κ1) is 23.2. The van der Waals surface area contributed by atoms with E-state index in [2.05, 4.69) is 24.9 Å². The number of halogens is 2. The molecule has 0 amide bonds. The molecular formula is C25H17F2N5O3S. The molecule has 0 atom stereocenters. The van der Waals surface area contributed by atoms with Crippen LogP contribution in [-0.2, 0) is 10.0 Å². The Labute approximate surface area is 204 Å². The van der Waals surface area contributed by atoms with Gasteiger partial charge in [0.25, 0.3) is 10.0 Å². The largest absolute Gasteiger partial charge is 0.479 e. The number of nitrogens with zero attached hydrogens (tertiary/aromatic N) is 4. The Morgan fingerprint density at radius 3 is 2.44 bits per heavy atom. The Balaban J connectivity index is 1.68. The maximum Gasteiger partial charge on any atom is 0.262 e. The molecule has 0 aliphatic rings. The van der Waals surface area contributed by atoms with Crippen LogP contribution in [-0.4, -0.2) is 35.7 Å². The zero-order valence-corrected chi connectivity index (χ0v) is 19.5. The van der Waals surface area contributed by atoms with Crippen molar-refractivity contribution in [2.45, 2.75) is 4.90 Å².